The Labute approximate surface area is 251 Å². The van der Waals surface area contributed by atoms with Crippen LogP contribution in [0, 0.1) is 17.8 Å². The molecule has 0 aliphatic heterocycles. The first-order valence-corrected chi connectivity index (χ1v) is 16.7. The lowest BCUT2D eigenvalue weighted by Crippen LogP contribution is -2.52. The lowest BCUT2D eigenvalue weighted by atomic mass is 10.0. The zero-order valence-electron chi connectivity index (χ0n) is 27.0. The minimum absolute atomic E-state index is 0.478. The molecule has 0 aliphatic carbocycles. The summed E-state index contributed by atoms with van der Waals surface area (Å²) in [5.74, 6) is -3.90. The number of carboxylic acid groups (broad SMARTS) is 3. The summed E-state index contributed by atoms with van der Waals surface area (Å²) in [4.78, 5) is 34.5. The molecule has 0 spiro atoms. The van der Waals surface area contributed by atoms with E-state index in [0.29, 0.717) is 43.4 Å². The molecule has 0 heterocycles. The van der Waals surface area contributed by atoms with Gasteiger partial charge in [0, 0.05) is 19.3 Å². The van der Waals surface area contributed by atoms with E-state index in [2.05, 4.69) is 19.1 Å². The number of quaternary nitrogens is 1. The van der Waals surface area contributed by atoms with Crippen LogP contribution in [0.2, 0.25) is 0 Å². The van der Waals surface area contributed by atoms with Crippen molar-refractivity contribution in [1.29, 1.82) is 0 Å². The van der Waals surface area contributed by atoms with Crippen LogP contribution in [0.5, 0.6) is 0 Å². The summed E-state index contributed by atoms with van der Waals surface area (Å²) in [5.41, 5.74) is 0. The van der Waals surface area contributed by atoms with Crippen LogP contribution in [0.1, 0.15) is 143 Å². The van der Waals surface area contributed by atoms with Gasteiger partial charge < -0.3 is 19.8 Å². The monoisotopic (exact) mass is 582 g/mol. The Kier molecular flexibility index (Phi) is 23.5. The molecule has 7 nitrogen and oxygen atoms in total. The maximum Gasteiger partial charge on any atom is 0.306 e. The van der Waals surface area contributed by atoms with Crippen LogP contribution in [0.25, 0.3) is 0 Å². The van der Waals surface area contributed by atoms with Crippen LogP contribution < -0.4 is 0 Å². The maximum absolute atomic E-state index is 11.5. The summed E-state index contributed by atoms with van der Waals surface area (Å²) in [5, 5.41) is 28.3. The summed E-state index contributed by atoms with van der Waals surface area (Å²) in [6, 6.07) is 0. The summed E-state index contributed by atoms with van der Waals surface area (Å²) in [7, 11) is 0. The van der Waals surface area contributed by atoms with Crippen molar-refractivity contribution in [3.63, 3.8) is 0 Å². The topological polar surface area (TPSA) is 112 Å². The van der Waals surface area contributed by atoms with Gasteiger partial charge in [0.05, 0.1) is 43.9 Å². The third kappa shape index (κ3) is 21.5. The number of hydrogen-bond donors (Lipinski definition) is 3. The number of allylic oxidation sites excluding steroid dienone is 2. The molecule has 0 bridgehead atoms. The van der Waals surface area contributed by atoms with Crippen molar-refractivity contribution in [2.75, 3.05) is 26.2 Å². The summed E-state index contributed by atoms with van der Waals surface area (Å²) >= 11 is 0. The Morgan fingerprint density at radius 2 is 0.829 bits per heavy atom. The van der Waals surface area contributed by atoms with E-state index in [4.69, 9.17) is 0 Å². The molecule has 3 atom stereocenters. The van der Waals surface area contributed by atoms with Crippen molar-refractivity contribution >= 4 is 17.9 Å². The largest absolute Gasteiger partial charge is 0.481 e. The average molecular weight is 583 g/mol. The molecule has 0 aromatic carbocycles. The van der Waals surface area contributed by atoms with E-state index in [9.17, 15) is 29.7 Å². The smallest absolute Gasteiger partial charge is 0.306 e. The molecule has 0 fully saturated rings. The minimum atomic E-state index is -0.823. The quantitative estimate of drug-likeness (QED) is 0.0463. The van der Waals surface area contributed by atoms with Gasteiger partial charge in [-0.2, -0.15) is 0 Å². The fourth-order valence-corrected chi connectivity index (χ4v) is 5.30. The van der Waals surface area contributed by atoms with Crippen molar-refractivity contribution in [3.8, 4) is 0 Å². The van der Waals surface area contributed by atoms with Gasteiger partial charge in [-0.3, -0.25) is 14.4 Å². The number of carboxylic acids is 3. The molecule has 3 N–H and O–H groups in total. The lowest BCUT2D eigenvalue weighted by Gasteiger charge is -2.40. The van der Waals surface area contributed by atoms with Gasteiger partial charge in [0.15, 0.2) is 0 Å². The highest BCUT2D eigenvalue weighted by molar-refractivity contribution is 5.70. The Balaban J connectivity index is 4.56. The highest BCUT2D eigenvalue weighted by atomic mass is 16.4. The van der Waals surface area contributed by atoms with Gasteiger partial charge in [-0.05, 0) is 32.1 Å². The lowest BCUT2D eigenvalue weighted by molar-refractivity contribution is -0.929. The summed E-state index contributed by atoms with van der Waals surface area (Å²) < 4.78 is 0.612. The van der Waals surface area contributed by atoms with Crippen LogP contribution in [-0.4, -0.2) is 63.9 Å². The second-order valence-corrected chi connectivity index (χ2v) is 12.6. The highest BCUT2D eigenvalue weighted by Crippen LogP contribution is 2.22. The fraction of sp³-hybridized carbons (Fsp3) is 0.853. The molecule has 0 saturated heterocycles. The standard InChI is InChI=1S/C34H63NO6/c1-5-6-7-8-9-10-11-12-13-14-15-16-17-18-19-20-21-25-35(26-22-29(2)32(36)37,27-23-30(3)33(38)39)28-24-31(4)34(40)41/h8-9,29-31H,5-7,10-28H2,1-4H3,(H2-,36,37,38,39,40,41)/p+1/b9-8+. The second kappa shape index (κ2) is 24.7. The second-order valence-electron chi connectivity index (χ2n) is 12.6. The highest BCUT2D eigenvalue weighted by Gasteiger charge is 2.31. The molecule has 41 heavy (non-hydrogen) atoms. The van der Waals surface area contributed by atoms with Gasteiger partial charge in [-0.1, -0.05) is 104 Å². The van der Waals surface area contributed by atoms with Gasteiger partial charge in [-0.15, -0.1) is 0 Å². The Bertz CT molecular complexity index is 662. The molecule has 3 unspecified atom stereocenters. The van der Waals surface area contributed by atoms with E-state index >= 15 is 0 Å². The zero-order valence-corrected chi connectivity index (χ0v) is 27.0. The van der Waals surface area contributed by atoms with E-state index in [1.807, 2.05) is 0 Å². The predicted molar refractivity (Wildman–Crippen MR) is 168 cm³/mol. The SMILES string of the molecule is CCCC/C=C/CCCCCCCCCCCCC[N+](CCC(C)C(=O)O)(CCC(C)C(=O)O)CCC(C)C(=O)O. The third-order valence-corrected chi connectivity index (χ3v) is 8.77. The number of unbranched alkanes of at least 4 members (excludes halogenated alkanes) is 13. The molecule has 0 saturated carbocycles. The van der Waals surface area contributed by atoms with Crippen molar-refractivity contribution in [2.24, 2.45) is 17.8 Å². The molecule has 0 aromatic rings. The molecule has 0 amide bonds. The van der Waals surface area contributed by atoms with Crippen molar-refractivity contribution in [1.82, 2.24) is 0 Å². The number of nitrogens with zero attached hydrogens (tertiary/aromatic N) is 1. The summed E-state index contributed by atoms with van der Waals surface area (Å²) in [6.07, 6.45) is 24.9. The molecule has 0 rings (SSSR count). The number of aliphatic carboxylic acids is 3. The predicted octanol–water partition coefficient (Wildman–Crippen LogP) is 8.56. The molecular weight excluding hydrogens is 518 g/mol. The van der Waals surface area contributed by atoms with Gasteiger partial charge in [0.25, 0.3) is 0 Å². The van der Waals surface area contributed by atoms with Crippen molar-refractivity contribution < 1.29 is 34.2 Å². The van der Waals surface area contributed by atoms with E-state index < -0.39 is 35.7 Å². The first-order chi connectivity index (χ1) is 19.5. The Morgan fingerprint density at radius 3 is 1.17 bits per heavy atom. The fourth-order valence-electron chi connectivity index (χ4n) is 5.30. The normalized spacial score (nSPS) is 15.4. The Hall–Kier alpha value is -1.89. The molecule has 0 aliphatic rings. The van der Waals surface area contributed by atoms with Crippen LogP contribution in [0.15, 0.2) is 12.2 Å². The zero-order chi connectivity index (χ0) is 30.9. The maximum atomic E-state index is 11.5. The van der Waals surface area contributed by atoms with E-state index in [-0.39, 0.29) is 0 Å². The van der Waals surface area contributed by atoms with Gasteiger partial charge in [-0.25, -0.2) is 0 Å². The summed E-state index contributed by atoms with van der Waals surface area (Å²) in [6.45, 7) is 10.1. The number of hydrogen-bond acceptors (Lipinski definition) is 3. The van der Waals surface area contributed by atoms with Gasteiger partial charge in [0.2, 0.25) is 0 Å². The first-order valence-electron chi connectivity index (χ1n) is 16.7. The first kappa shape index (κ1) is 39.1. The van der Waals surface area contributed by atoms with Crippen LogP contribution >= 0.6 is 0 Å². The van der Waals surface area contributed by atoms with E-state index in [1.54, 1.807) is 20.8 Å². The van der Waals surface area contributed by atoms with Crippen molar-refractivity contribution in [2.45, 2.75) is 143 Å². The Morgan fingerprint density at radius 1 is 0.512 bits per heavy atom. The molecule has 0 radical (unpaired) electrons. The molecule has 0 aromatic heterocycles. The molecule has 7 heteroatoms. The van der Waals surface area contributed by atoms with Gasteiger partial charge >= 0.3 is 17.9 Å². The molecular formula is C34H64NO6+. The van der Waals surface area contributed by atoms with E-state index in [0.717, 1.165) is 19.4 Å². The average Bonchev–Trinajstić information content (AvgIpc) is 2.94. The third-order valence-electron chi connectivity index (χ3n) is 8.77. The van der Waals surface area contributed by atoms with Gasteiger partial charge in [0.1, 0.15) is 0 Å². The number of rotatable bonds is 29. The molecule has 240 valence electrons. The number of carbonyl (C=O) groups is 3. The minimum Gasteiger partial charge on any atom is -0.481 e. The van der Waals surface area contributed by atoms with Crippen molar-refractivity contribution in [3.05, 3.63) is 12.2 Å². The van der Waals surface area contributed by atoms with E-state index in [1.165, 1.54) is 83.5 Å². The van der Waals surface area contributed by atoms with Crippen LogP contribution in [0.3, 0.4) is 0 Å². The van der Waals surface area contributed by atoms with Crippen LogP contribution in [-0.2, 0) is 14.4 Å². The van der Waals surface area contributed by atoms with Crippen LogP contribution in [0.4, 0.5) is 0 Å².